The summed E-state index contributed by atoms with van der Waals surface area (Å²) in [6.45, 7) is 8.77. The Morgan fingerprint density at radius 2 is 1.41 bits per heavy atom. The first-order valence-corrected chi connectivity index (χ1v) is 9.87. The molecule has 0 spiro atoms. The number of guanidine groups is 1. The summed E-state index contributed by atoms with van der Waals surface area (Å²) in [7, 11) is 0. The smallest absolute Gasteiger partial charge is 0.407 e. The van der Waals surface area contributed by atoms with Gasteiger partial charge in [-0.15, -0.1) is 0 Å². The molecule has 9 nitrogen and oxygen atoms in total. The van der Waals surface area contributed by atoms with Gasteiger partial charge in [-0.3, -0.25) is 5.41 Å². The zero-order valence-corrected chi connectivity index (χ0v) is 16.6. The minimum Gasteiger partial charge on any atom is -0.443 e. The highest BCUT2D eigenvalue weighted by Gasteiger charge is 2.02. The number of nitrogens with one attached hydrogen (secondary N) is 5. The highest BCUT2D eigenvalue weighted by atomic mass is 16.5. The molecule has 27 heavy (non-hydrogen) atoms. The van der Waals surface area contributed by atoms with Gasteiger partial charge in [0, 0.05) is 25.3 Å². The number of ether oxygens (including phenoxy) is 1. The van der Waals surface area contributed by atoms with Gasteiger partial charge in [-0.1, -0.05) is 19.4 Å². The van der Waals surface area contributed by atoms with Gasteiger partial charge >= 0.3 is 6.09 Å². The largest absolute Gasteiger partial charge is 0.443 e. The van der Waals surface area contributed by atoms with Crippen molar-refractivity contribution in [3.63, 3.8) is 0 Å². The van der Waals surface area contributed by atoms with Crippen LogP contribution < -0.4 is 32.7 Å². The Morgan fingerprint density at radius 1 is 0.852 bits per heavy atom. The first kappa shape index (κ1) is 25.0. The second-order valence-corrected chi connectivity index (χ2v) is 6.39. The Bertz CT molecular complexity index is 405. The summed E-state index contributed by atoms with van der Waals surface area (Å²) in [6, 6.07) is 0. The summed E-state index contributed by atoms with van der Waals surface area (Å²) >= 11 is 0. The van der Waals surface area contributed by atoms with E-state index in [0.29, 0.717) is 18.8 Å². The molecule has 1 amide bonds. The van der Waals surface area contributed by atoms with Crippen molar-refractivity contribution in [3.05, 3.63) is 12.3 Å². The number of hydrogen-bond acceptors (Lipinski definition) is 6. The van der Waals surface area contributed by atoms with Crippen LogP contribution in [0.15, 0.2) is 12.3 Å². The number of amides is 1. The van der Waals surface area contributed by atoms with Crippen molar-refractivity contribution in [1.82, 2.24) is 21.3 Å². The zero-order valence-electron chi connectivity index (χ0n) is 16.6. The van der Waals surface area contributed by atoms with Crippen LogP contribution in [0.1, 0.15) is 44.9 Å². The van der Waals surface area contributed by atoms with E-state index < -0.39 is 6.09 Å². The lowest BCUT2D eigenvalue weighted by Gasteiger charge is -2.11. The molecule has 0 unspecified atom stereocenters. The quantitative estimate of drug-likeness (QED) is 0.104. The van der Waals surface area contributed by atoms with E-state index in [1.165, 1.54) is 0 Å². The summed E-state index contributed by atoms with van der Waals surface area (Å²) in [5.41, 5.74) is 11.3. The van der Waals surface area contributed by atoms with E-state index in [1.807, 2.05) is 0 Å². The van der Waals surface area contributed by atoms with Crippen molar-refractivity contribution in [2.45, 2.75) is 44.9 Å². The van der Waals surface area contributed by atoms with Gasteiger partial charge in [0.05, 0.1) is 0 Å². The molecule has 0 saturated heterocycles. The Morgan fingerprint density at radius 3 is 2.07 bits per heavy atom. The molecule has 0 fully saturated rings. The Balaban J connectivity index is 3.36. The molecule has 0 aromatic rings. The van der Waals surface area contributed by atoms with E-state index in [2.05, 4.69) is 27.8 Å². The van der Waals surface area contributed by atoms with E-state index in [0.717, 1.165) is 71.1 Å². The third-order valence-electron chi connectivity index (χ3n) is 3.78. The average molecular weight is 386 g/mol. The average Bonchev–Trinajstić information content (AvgIpc) is 2.64. The second-order valence-electron chi connectivity index (χ2n) is 6.39. The Hall–Kier alpha value is -2.00. The summed E-state index contributed by atoms with van der Waals surface area (Å²) < 4.78 is 5.11. The van der Waals surface area contributed by atoms with Gasteiger partial charge in [-0.2, -0.15) is 0 Å². The monoisotopic (exact) mass is 385 g/mol. The predicted octanol–water partition coefficient (Wildman–Crippen LogP) is 0.578. The normalized spacial score (nSPS) is 10.3. The molecule has 0 aliphatic rings. The number of carbonyl (C=O) groups excluding carboxylic acids is 1. The molecule has 0 atom stereocenters. The van der Waals surface area contributed by atoms with Crippen LogP contribution in [0.3, 0.4) is 0 Å². The second kappa shape index (κ2) is 18.8. The van der Waals surface area contributed by atoms with E-state index in [1.54, 1.807) is 0 Å². The van der Waals surface area contributed by atoms with Crippen molar-refractivity contribution in [3.8, 4) is 0 Å². The molecule has 0 bridgehead atoms. The number of rotatable bonds is 18. The maximum atomic E-state index is 11.6. The van der Waals surface area contributed by atoms with E-state index >= 15 is 0 Å². The summed E-state index contributed by atoms with van der Waals surface area (Å²) in [5.74, 6) is 0.0207. The Kier molecular flexibility index (Phi) is 17.4. The van der Waals surface area contributed by atoms with Crippen LogP contribution >= 0.6 is 0 Å². The fourth-order valence-corrected chi connectivity index (χ4v) is 2.26. The van der Waals surface area contributed by atoms with E-state index in [9.17, 15) is 4.79 Å². The number of unbranched alkanes of at least 4 members (excludes halogenated alkanes) is 4. The molecule has 0 aliphatic carbocycles. The van der Waals surface area contributed by atoms with Gasteiger partial charge in [0.15, 0.2) is 5.96 Å². The van der Waals surface area contributed by atoms with Gasteiger partial charge in [-0.05, 0) is 51.7 Å². The minimum absolute atomic E-state index is 0.0207. The molecule has 0 aromatic carbocycles. The van der Waals surface area contributed by atoms with Gasteiger partial charge < -0.3 is 37.5 Å². The molecule has 0 aliphatic heterocycles. The highest BCUT2D eigenvalue weighted by molar-refractivity contribution is 5.74. The lowest BCUT2D eigenvalue weighted by molar-refractivity contribution is 0.154. The molecule has 0 radical (unpaired) electrons. The maximum Gasteiger partial charge on any atom is 0.407 e. The fourth-order valence-electron chi connectivity index (χ4n) is 2.26. The third-order valence-corrected chi connectivity index (χ3v) is 3.78. The molecule has 9 N–H and O–H groups in total. The molecular formula is C18H39N7O2. The van der Waals surface area contributed by atoms with Crippen LogP contribution in [0.25, 0.3) is 0 Å². The van der Waals surface area contributed by atoms with Gasteiger partial charge in [0.1, 0.15) is 6.61 Å². The third kappa shape index (κ3) is 20.2. The highest BCUT2D eigenvalue weighted by Crippen LogP contribution is 1.98. The van der Waals surface area contributed by atoms with Gasteiger partial charge in [0.25, 0.3) is 0 Å². The lowest BCUT2D eigenvalue weighted by atomic mass is 10.2. The topological polar surface area (TPSA) is 150 Å². The van der Waals surface area contributed by atoms with Crippen molar-refractivity contribution in [1.29, 1.82) is 5.41 Å². The van der Waals surface area contributed by atoms with Crippen LogP contribution in [0, 0.1) is 5.41 Å². The molecule has 0 heterocycles. The summed E-state index contributed by atoms with van der Waals surface area (Å²) in [6.07, 6.45) is 6.67. The molecule has 9 heteroatoms. The molecule has 0 aromatic heterocycles. The minimum atomic E-state index is -0.410. The van der Waals surface area contributed by atoms with Crippen LogP contribution in [0.5, 0.6) is 0 Å². The van der Waals surface area contributed by atoms with Gasteiger partial charge in [0.2, 0.25) is 0 Å². The summed E-state index contributed by atoms with van der Waals surface area (Å²) in [5, 5.41) is 19.0. The summed E-state index contributed by atoms with van der Waals surface area (Å²) in [4.78, 5) is 11.6. The van der Waals surface area contributed by atoms with Crippen LogP contribution in [0.2, 0.25) is 0 Å². The number of hydrogen-bond donors (Lipinski definition) is 7. The van der Waals surface area contributed by atoms with Crippen LogP contribution in [-0.2, 0) is 4.74 Å². The maximum absolute atomic E-state index is 11.6. The zero-order chi connectivity index (χ0) is 20.2. The van der Waals surface area contributed by atoms with Gasteiger partial charge in [-0.25, -0.2) is 4.79 Å². The first-order valence-electron chi connectivity index (χ1n) is 9.87. The number of nitrogens with two attached hydrogens (primary N) is 2. The van der Waals surface area contributed by atoms with Crippen LogP contribution in [-0.4, -0.2) is 57.9 Å². The number of alkyl carbamates (subject to hydrolysis) is 1. The van der Waals surface area contributed by atoms with Crippen molar-refractivity contribution in [2.24, 2.45) is 11.5 Å². The molecule has 0 rings (SSSR count). The van der Waals surface area contributed by atoms with E-state index in [-0.39, 0.29) is 12.6 Å². The molecule has 158 valence electrons. The first-order chi connectivity index (χ1) is 13.1. The standard InChI is InChI=1S/C18H39N7O2/c1-16(23-12-4-2-3-5-13-24-17(20)21)15-27-18(26)25-14-7-6-10-22-11-8-9-19/h22-23H,1-15,19H2,(H,25,26)(H4,20,21,24). The number of carbonyl (C=O) groups is 1. The van der Waals surface area contributed by atoms with Crippen molar-refractivity contribution < 1.29 is 9.53 Å². The van der Waals surface area contributed by atoms with Crippen molar-refractivity contribution >= 4 is 12.1 Å². The predicted molar refractivity (Wildman–Crippen MR) is 111 cm³/mol. The molecular weight excluding hydrogens is 346 g/mol. The van der Waals surface area contributed by atoms with Crippen LogP contribution in [0.4, 0.5) is 4.79 Å². The SMILES string of the molecule is C=C(COC(=O)NCCCCNCCCN)NCCCCCCNC(=N)N. The fraction of sp³-hybridized carbons (Fsp3) is 0.778. The Labute approximate surface area is 163 Å². The van der Waals surface area contributed by atoms with Crippen molar-refractivity contribution in [2.75, 3.05) is 45.9 Å². The molecule has 0 saturated carbocycles. The van der Waals surface area contributed by atoms with E-state index in [4.69, 9.17) is 21.6 Å². The lowest BCUT2D eigenvalue weighted by Crippen LogP contribution is -2.30.